The summed E-state index contributed by atoms with van der Waals surface area (Å²) < 4.78 is 3.47. The summed E-state index contributed by atoms with van der Waals surface area (Å²) in [5, 5.41) is 8.18. The van der Waals surface area contributed by atoms with Crippen molar-refractivity contribution in [2.45, 2.75) is 20.0 Å². The molecule has 0 aliphatic rings. The van der Waals surface area contributed by atoms with Gasteiger partial charge in [-0.1, -0.05) is 0 Å². The molecule has 0 aliphatic heterocycles. The molecule has 2 heterocycles. The Labute approximate surface area is 106 Å². The predicted octanol–water partition coefficient (Wildman–Crippen LogP) is 0.909. The number of carbonyl (C=O) groups excluding carboxylic acids is 1. The van der Waals surface area contributed by atoms with Gasteiger partial charge in [-0.3, -0.25) is 14.2 Å². The van der Waals surface area contributed by atoms with E-state index in [1.54, 1.807) is 42.3 Å². The van der Waals surface area contributed by atoms with E-state index in [1.165, 1.54) is 0 Å². The fourth-order valence-electron chi connectivity index (χ4n) is 1.76. The predicted molar refractivity (Wildman–Crippen MR) is 66.9 cm³/mol. The smallest absolute Gasteiger partial charge is 0.257 e. The maximum Gasteiger partial charge on any atom is 0.257 e. The summed E-state index contributed by atoms with van der Waals surface area (Å²) in [5.74, 6) is -0.0349. The maximum atomic E-state index is 12.1. The second-order valence-corrected chi connectivity index (χ2v) is 4.27. The zero-order chi connectivity index (χ0) is 13.1. The van der Waals surface area contributed by atoms with Gasteiger partial charge >= 0.3 is 0 Å². The summed E-state index contributed by atoms with van der Waals surface area (Å²) in [6, 6.07) is 0. The number of carbonyl (C=O) groups is 1. The summed E-state index contributed by atoms with van der Waals surface area (Å²) in [6.45, 7) is 3.41. The molecule has 2 aromatic heterocycles. The number of aromatic nitrogens is 4. The van der Waals surface area contributed by atoms with Crippen LogP contribution in [0.5, 0.6) is 0 Å². The van der Waals surface area contributed by atoms with Crippen LogP contribution >= 0.6 is 0 Å². The normalized spacial score (nSPS) is 10.6. The second kappa shape index (κ2) is 5.03. The Morgan fingerprint density at radius 3 is 2.67 bits per heavy atom. The lowest BCUT2D eigenvalue weighted by molar-refractivity contribution is 0.0785. The molecule has 1 amide bonds. The Bertz CT molecular complexity index is 542. The number of amides is 1. The molecular formula is C12H17N5O. The molecule has 0 aromatic carbocycles. The molecule has 0 aliphatic carbocycles. The minimum Gasteiger partial charge on any atom is -0.337 e. The van der Waals surface area contributed by atoms with Crippen molar-refractivity contribution in [1.82, 2.24) is 24.5 Å². The van der Waals surface area contributed by atoms with Crippen LogP contribution in [0.1, 0.15) is 22.8 Å². The lowest BCUT2D eigenvalue weighted by Crippen LogP contribution is -2.25. The molecule has 18 heavy (non-hydrogen) atoms. The van der Waals surface area contributed by atoms with Gasteiger partial charge in [-0.15, -0.1) is 0 Å². The highest BCUT2D eigenvalue weighted by Crippen LogP contribution is 2.07. The van der Waals surface area contributed by atoms with Crippen molar-refractivity contribution in [1.29, 1.82) is 0 Å². The van der Waals surface area contributed by atoms with Gasteiger partial charge in [-0.05, 0) is 6.92 Å². The summed E-state index contributed by atoms with van der Waals surface area (Å²) in [7, 11) is 3.57. The van der Waals surface area contributed by atoms with E-state index in [0.29, 0.717) is 12.1 Å². The summed E-state index contributed by atoms with van der Waals surface area (Å²) in [5.41, 5.74) is 1.62. The first-order valence-electron chi connectivity index (χ1n) is 5.85. The average Bonchev–Trinajstić information content (AvgIpc) is 2.97. The molecule has 0 saturated carbocycles. The van der Waals surface area contributed by atoms with E-state index in [0.717, 1.165) is 12.1 Å². The zero-order valence-corrected chi connectivity index (χ0v) is 10.9. The van der Waals surface area contributed by atoms with Crippen molar-refractivity contribution in [3.8, 4) is 0 Å². The molecule has 6 heteroatoms. The van der Waals surface area contributed by atoms with Gasteiger partial charge in [-0.2, -0.15) is 10.2 Å². The van der Waals surface area contributed by atoms with Crippen molar-refractivity contribution in [2.24, 2.45) is 7.05 Å². The molecular weight excluding hydrogens is 230 g/mol. The van der Waals surface area contributed by atoms with Gasteiger partial charge in [0.1, 0.15) is 0 Å². The first kappa shape index (κ1) is 12.3. The SMILES string of the molecule is CCn1cc(CN(C)C(=O)c2cnn(C)c2)cn1. The van der Waals surface area contributed by atoms with Gasteiger partial charge in [-0.25, -0.2) is 0 Å². The van der Waals surface area contributed by atoms with Gasteiger partial charge < -0.3 is 4.90 Å². The molecule has 0 bridgehead atoms. The van der Waals surface area contributed by atoms with E-state index in [-0.39, 0.29) is 5.91 Å². The van der Waals surface area contributed by atoms with Crippen molar-refractivity contribution in [2.75, 3.05) is 7.05 Å². The molecule has 0 N–H and O–H groups in total. The fourth-order valence-corrected chi connectivity index (χ4v) is 1.76. The molecule has 96 valence electrons. The largest absolute Gasteiger partial charge is 0.337 e. The standard InChI is InChI=1S/C12H17N5O/c1-4-17-8-10(5-14-17)7-15(2)12(18)11-6-13-16(3)9-11/h5-6,8-9H,4,7H2,1-3H3. The number of nitrogens with zero attached hydrogens (tertiary/aromatic N) is 5. The zero-order valence-electron chi connectivity index (χ0n) is 10.9. The summed E-state index contributed by atoms with van der Waals surface area (Å²) in [6.07, 6.45) is 7.03. The molecule has 0 spiro atoms. The average molecular weight is 247 g/mol. The first-order valence-corrected chi connectivity index (χ1v) is 5.85. The van der Waals surface area contributed by atoms with Crippen LogP contribution in [0.25, 0.3) is 0 Å². The van der Waals surface area contributed by atoms with Crippen LogP contribution in [0.4, 0.5) is 0 Å². The molecule has 2 aromatic rings. The Balaban J connectivity index is 2.03. The lowest BCUT2D eigenvalue weighted by atomic mass is 10.3. The van der Waals surface area contributed by atoms with Crippen molar-refractivity contribution < 1.29 is 4.79 Å². The van der Waals surface area contributed by atoms with E-state index >= 15 is 0 Å². The summed E-state index contributed by atoms with van der Waals surface area (Å²) in [4.78, 5) is 13.7. The molecule has 2 rings (SSSR count). The van der Waals surface area contributed by atoms with E-state index in [2.05, 4.69) is 10.2 Å². The van der Waals surface area contributed by atoms with Crippen molar-refractivity contribution in [3.05, 3.63) is 35.9 Å². The van der Waals surface area contributed by atoms with Crippen LogP contribution in [0, 0.1) is 0 Å². The third kappa shape index (κ3) is 2.58. The minimum atomic E-state index is -0.0349. The molecule has 0 fully saturated rings. The summed E-state index contributed by atoms with van der Waals surface area (Å²) >= 11 is 0. The fraction of sp³-hybridized carbons (Fsp3) is 0.417. The third-order valence-electron chi connectivity index (χ3n) is 2.73. The number of rotatable bonds is 4. The van der Waals surface area contributed by atoms with Crippen LogP contribution in [0.2, 0.25) is 0 Å². The van der Waals surface area contributed by atoms with Gasteiger partial charge in [0.25, 0.3) is 5.91 Å². The second-order valence-electron chi connectivity index (χ2n) is 4.27. The van der Waals surface area contributed by atoms with E-state index in [4.69, 9.17) is 0 Å². The first-order chi connectivity index (χ1) is 8.60. The highest BCUT2D eigenvalue weighted by Gasteiger charge is 2.14. The van der Waals surface area contributed by atoms with Crippen molar-refractivity contribution >= 4 is 5.91 Å². The van der Waals surface area contributed by atoms with Crippen LogP contribution in [0.3, 0.4) is 0 Å². The van der Waals surface area contributed by atoms with Gasteiger partial charge in [0, 0.05) is 45.1 Å². The monoisotopic (exact) mass is 247 g/mol. The molecule has 6 nitrogen and oxygen atoms in total. The number of hydrogen-bond acceptors (Lipinski definition) is 3. The van der Waals surface area contributed by atoms with Gasteiger partial charge in [0.05, 0.1) is 18.0 Å². The number of aryl methyl sites for hydroxylation is 2. The van der Waals surface area contributed by atoms with Crippen LogP contribution in [-0.4, -0.2) is 37.4 Å². The van der Waals surface area contributed by atoms with E-state index in [9.17, 15) is 4.79 Å². The molecule has 0 radical (unpaired) electrons. The van der Waals surface area contributed by atoms with Crippen LogP contribution in [-0.2, 0) is 20.1 Å². The highest BCUT2D eigenvalue weighted by atomic mass is 16.2. The Kier molecular flexibility index (Phi) is 3.45. The van der Waals surface area contributed by atoms with Crippen LogP contribution < -0.4 is 0 Å². The minimum absolute atomic E-state index is 0.0349. The Morgan fingerprint density at radius 2 is 2.11 bits per heavy atom. The molecule has 0 atom stereocenters. The number of hydrogen-bond donors (Lipinski definition) is 0. The van der Waals surface area contributed by atoms with Gasteiger partial charge in [0.2, 0.25) is 0 Å². The maximum absolute atomic E-state index is 12.1. The quantitative estimate of drug-likeness (QED) is 0.807. The topological polar surface area (TPSA) is 56.0 Å². The van der Waals surface area contributed by atoms with Crippen LogP contribution in [0.15, 0.2) is 24.8 Å². The highest BCUT2D eigenvalue weighted by molar-refractivity contribution is 5.93. The third-order valence-corrected chi connectivity index (χ3v) is 2.73. The molecule has 0 saturated heterocycles. The van der Waals surface area contributed by atoms with E-state index < -0.39 is 0 Å². The Morgan fingerprint density at radius 1 is 1.33 bits per heavy atom. The van der Waals surface area contributed by atoms with E-state index in [1.807, 2.05) is 17.8 Å². The lowest BCUT2D eigenvalue weighted by Gasteiger charge is -2.14. The van der Waals surface area contributed by atoms with Gasteiger partial charge in [0.15, 0.2) is 0 Å². The van der Waals surface area contributed by atoms with Crippen molar-refractivity contribution in [3.63, 3.8) is 0 Å². The molecule has 0 unspecified atom stereocenters. The Hall–Kier alpha value is -2.11.